The van der Waals surface area contributed by atoms with Crippen LogP contribution < -0.4 is 0 Å². The van der Waals surface area contributed by atoms with Gasteiger partial charge >= 0.3 is 0 Å². The fourth-order valence-corrected chi connectivity index (χ4v) is 3.53. The maximum Gasteiger partial charge on any atom is 0.272 e. The summed E-state index contributed by atoms with van der Waals surface area (Å²) in [5.74, 6) is -0.0990. The number of carbonyl (C=O) groups excluding carboxylic acids is 1. The van der Waals surface area contributed by atoms with Crippen molar-refractivity contribution in [2.75, 3.05) is 13.1 Å². The number of hydrogen-bond acceptors (Lipinski definition) is 4. The first-order chi connectivity index (χ1) is 13.5. The van der Waals surface area contributed by atoms with Crippen LogP contribution in [-0.4, -0.2) is 38.6 Å². The molecular formula is C20H17ClN4O3. The van der Waals surface area contributed by atoms with E-state index in [9.17, 15) is 14.9 Å². The van der Waals surface area contributed by atoms with E-state index in [1.807, 2.05) is 17.0 Å². The number of rotatable bonds is 4. The van der Waals surface area contributed by atoms with Gasteiger partial charge in [0.2, 0.25) is 0 Å². The highest BCUT2D eigenvalue weighted by Gasteiger charge is 2.25. The van der Waals surface area contributed by atoms with Crippen molar-refractivity contribution in [2.45, 2.75) is 12.8 Å². The SMILES string of the molecule is O=C(c1cc(-c2ccc([N+](=O)[O-])cc2)nn1-c1ccccc1Cl)N1CCCC1. The number of carbonyl (C=O) groups is 1. The molecule has 8 heteroatoms. The third-order valence-corrected chi connectivity index (χ3v) is 5.10. The van der Waals surface area contributed by atoms with Crippen LogP contribution in [0.4, 0.5) is 5.69 Å². The molecule has 0 saturated carbocycles. The van der Waals surface area contributed by atoms with Gasteiger partial charge in [-0.05, 0) is 43.2 Å². The van der Waals surface area contributed by atoms with E-state index in [-0.39, 0.29) is 11.6 Å². The number of nitrogens with zero attached hydrogens (tertiary/aromatic N) is 4. The summed E-state index contributed by atoms with van der Waals surface area (Å²) in [7, 11) is 0. The number of para-hydroxylation sites is 1. The second-order valence-corrected chi connectivity index (χ2v) is 6.99. The average molecular weight is 397 g/mol. The zero-order valence-corrected chi connectivity index (χ0v) is 15.7. The van der Waals surface area contributed by atoms with Crippen molar-refractivity contribution in [1.82, 2.24) is 14.7 Å². The van der Waals surface area contributed by atoms with Gasteiger partial charge in [0.25, 0.3) is 11.6 Å². The van der Waals surface area contributed by atoms with Crippen molar-refractivity contribution in [3.8, 4) is 16.9 Å². The maximum atomic E-state index is 13.1. The highest BCUT2D eigenvalue weighted by Crippen LogP contribution is 2.28. The highest BCUT2D eigenvalue weighted by molar-refractivity contribution is 6.32. The van der Waals surface area contributed by atoms with E-state index in [2.05, 4.69) is 5.10 Å². The number of nitro groups is 1. The number of non-ortho nitro benzene ring substituents is 1. The first kappa shape index (κ1) is 18.2. The Hall–Kier alpha value is -3.19. The van der Waals surface area contributed by atoms with E-state index >= 15 is 0 Å². The summed E-state index contributed by atoms with van der Waals surface area (Å²) in [5.41, 5.74) is 2.27. The third-order valence-electron chi connectivity index (χ3n) is 4.78. The topological polar surface area (TPSA) is 81.3 Å². The Labute approximate surface area is 166 Å². The zero-order valence-electron chi connectivity index (χ0n) is 14.9. The Morgan fingerprint density at radius 1 is 1.07 bits per heavy atom. The molecule has 0 N–H and O–H groups in total. The van der Waals surface area contributed by atoms with E-state index < -0.39 is 4.92 Å². The van der Waals surface area contributed by atoms with Crippen molar-refractivity contribution in [3.63, 3.8) is 0 Å². The highest BCUT2D eigenvalue weighted by atomic mass is 35.5. The molecule has 0 spiro atoms. The fourth-order valence-electron chi connectivity index (χ4n) is 3.32. The fraction of sp³-hybridized carbons (Fsp3) is 0.200. The number of likely N-dealkylation sites (tertiary alicyclic amines) is 1. The van der Waals surface area contributed by atoms with Crippen LogP contribution in [0, 0.1) is 10.1 Å². The molecule has 1 aromatic heterocycles. The number of benzene rings is 2. The van der Waals surface area contributed by atoms with E-state index in [4.69, 9.17) is 11.6 Å². The Kier molecular flexibility index (Phi) is 4.83. The van der Waals surface area contributed by atoms with Gasteiger partial charge in [0.15, 0.2) is 0 Å². The molecule has 1 aliphatic rings. The number of amides is 1. The van der Waals surface area contributed by atoms with Crippen LogP contribution >= 0.6 is 11.6 Å². The molecular weight excluding hydrogens is 380 g/mol. The van der Waals surface area contributed by atoms with Crippen LogP contribution in [0.5, 0.6) is 0 Å². The van der Waals surface area contributed by atoms with E-state index in [0.717, 1.165) is 25.9 Å². The zero-order chi connectivity index (χ0) is 19.7. The molecule has 4 rings (SSSR count). The normalized spacial score (nSPS) is 13.7. The smallest absolute Gasteiger partial charge is 0.272 e. The van der Waals surface area contributed by atoms with Gasteiger partial charge in [0.1, 0.15) is 5.69 Å². The van der Waals surface area contributed by atoms with Gasteiger partial charge in [-0.1, -0.05) is 23.7 Å². The summed E-state index contributed by atoms with van der Waals surface area (Å²) in [6.07, 6.45) is 1.97. The minimum Gasteiger partial charge on any atom is -0.337 e. The standard InChI is InChI=1S/C20H17ClN4O3/c21-16-5-1-2-6-18(16)24-19(20(26)23-11-3-4-12-23)13-17(22-24)14-7-9-15(10-8-14)25(27)28/h1-2,5-10,13H,3-4,11-12H2. The average Bonchev–Trinajstić information content (AvgIpc) is 3.38. The third kappa shape index (κ3) is 3.36. The summed E-state index contributed by atoms with van der Waals surface area (Å²) in [5, 5.41) is 16.0. The largest absolute Gasteiger partial charge is 0.337 e. The van der Waals surface area contributed by atoms with E-state index in [0.29, 0.717) is 27.7 Å². The summed E-state index contributed by atoms with van der Waals surface area (Å²) < 4.78 is 1.56. The Morgan fingerprint density at radius 2 is 1.75 bits per heavy atom. The minimum atomic E-state index is -0.450. The Bertz CT molecular complexity index is 1040. The van der Waals surface area contributed by atoms with Gasteiger partial charge in [-0.15, -0.1) is 0 Å². The molecule has 0 aliphatic carbocycles. The van der Waals surface area contributed by atoms with Gasteiger partial charge in [-0.2, -0.15) is 5.10 Å². The summed E-state index contributed by atoms with van der Waals surface area (Å²) in [6, 6.07) is 15.0. The van der Waals surface area contributed by atoms with Crippen molar-refractivity contribution in [3.05, 3.63) is 75.4 Å². The lowest BCUT2D eigenvalue weighted by atomic mass is 10.1. The number of halogens is 1. The van der Waals surface area contributed by atoms with Crippen LogP contribution in [0.1, 0.15) is 23.3 Å². The Morgan fingerprint density at radius 3 is 2.39 bits per heavy atom. The van der Waals surface area contributed by atoms with Crippen LogP contribution in [-0.2, 0) is 0 Å². The van der Waals surface area contributed by atoms with Gasteiger partial charge < -0.3 is 4.90 Å². The van der Waals surface area contributed by atoms with Crippen LogP contribution in [0.25, 0.3) is 16.9 Å². The molecule has 142 valence electrons. The van der Waals surface area contributed by atoms with Crippen LogP contribution in [0.3, 0.4) is 0 Å². The molecule has 0 bridgehead atoms. The molecule has 1 fully saturated rings. The lowest BCUT2D eigenvalue weighted by Crippen LogP contribution is -2.29. The summed E-state index contributed by atoms with van der Waals surface area (Å²) >= 11 is 6.35. The second-order valence-electron chi connectivity index (χ2n) is 6.58. The molecule has 1 aliphatic heterocycles. The van der Waals surface area contributed by atoms with Gasteiger partial charge in [-0.3, -0.25) is 14.9 Å². The molecule has 0 radical (unpaired) electrons. The molecule has 0 atom stereocenters. The monoisotopic (exact) mass is 396 g/mol. The van der Waals surface area contributed by atoms with Crippen molar-refractivity contribution in [2.24, 2.45) is 0 Å². The van der Waals surface area contributed by atoms with Crippen molar-refractivity contribution in [1.29, 1.82) is 0 Å². The molecule has 0 unspecified atom stereocenters. The van der Waals surface area contributed by atoms with Gasteiger partial charge in [-0.25, -0.2) is 4.68 Å². The van der Waals surface area contributed by atoms with Gasteiger partial charge in [0.05, 0.1) is 21.3 Å². The first-order valence-corrected chi connectivity index (χ1v) is 9.31. The number of nitro benzene ring substituents is 1. The molecule has 3 aromatic rings. The van der Waals surface area contributed by atoms with Crippen molar-refractivity contribution < 1.29 is 9.72 Å². The minimum absolute atomic E-state index is 0.00246. The van der Waals surface area contributed by atoms with Crippen molar-refractivity contribution >= 4 is 23.2 Å². The predicted molar refractivity (Wildman–Crippen MR) is 106 cm³/mol. The van der Waals surface area contributed by atoms with E-state index in [1.165, 1.54) is 12.1 Å². The lowest BCUT2D eigenvalue weighted by Gasteiger charge is -2.16. The summed E-state index contributed by atoms with van der Waals surface area (Å²) in [4.78, 5) is 25.3. The number of aromatic nitrogens is 2. The Balaban J connectivity index is 1.80. The molecule has 2 aromatic carbocycles. The maximum absolute atomic E-state index is 13.1. The second kappa shape index (κ2) is 7.44. The molecule has 7 nitrogen and oxygen atoms in total. The lowest BCUT2D eigenvalue weighted by molar-refractivity contribution is -0.384. The van der Waals surface area contributed by atoms with Gasteiger partial charge in [0, 0.05) is 30.8 Å². The number of hydrogen-bond donors (Lipinski definition) is 0. The predicted octanol–water partition coefficient (Wildman–Crippen LogP) is 4.34. The first-order valence-electron chi connectivity index (χ1n) is 8.93. The molecule has 1 amide bonds. The molecule has 28 heavy (non-hydrogen) atoms. The quantitative estimate of drug-likeness (QED) is 0.485. The van der Waals surface area contributed by atoms with Crippen LogP contribution in [0.2, 0.25) is 5.02 Å². The van der Waals surface area contributed by atoms with Crippen LogP contribution in [0.15, 0.2) is 54.6 Å². The van der Waals surface area contributed by atoms with E-state index in [1.54, 1.807) is 35.0 Å². The summed E-state index contributed by atoms with van der Waals surface area (Å²) in [6.45, 7) is 1.44. The molecule has 2 heterocycles. The molecule has 1 saturated heterocycles.